The first-order valence-electron chi connectivity index (χ1n) is 8.30. The van der Waals surface area contributed by atoms with E-state index >= 15 is 0 Å². The number of benzene rings is 2. The summed E-state index contributed by atoms with van der Waals surface area (Å²) < 4.78 is 32.6. The van der Waals surface area contributed by atoms with Crippen molar-refractivity contribution in [2.75, 3.05) is 11.9 Å². The first-order chi connectivity index (χ1) is 12.1. The third-order valence-corrected chi connectivity index (χ3v) is 4.09. The highest BCUT2D eigenvalue weighted by Gasteiger charge is 2.18. The van der Waals surface area contributed by atoms with E-state index in [2.05, 4.69) is 10.6 Å². The van der Waals surface area contributed by atoms with Crippen LogP contribution in [0.3, 0.4) is 0 Å². The number of ether oxygens (including phenoxy) is 1. The summed E-state index contributed by atoms with van der Waals surface area (Å²) in [6.45, 7) is 0.998. The highest BCUT2D eigenvalue weighted by atomic mass is 35.5. The quantitative estimate of drug-likeness (QED) is 0.792. The predicted octanol–water partition coefficient (Wildman–Crippen LogP) is 4.05. The van der Waals surface area contributed by atoms with Gasteiger partial charge in [0.05, 0.1) is 0 Å². The SMILES string of the molecule is Cl.O=C(CC1CCCN1)Nc1ccc(OCc2cccc(F)c2)c(F)c1. The van der Waals surface area contributed by atoms with Crippen molar-refractivity contribution in [3.8, 4) is 5.75 Å². The molecule has 3 rings (SSSR count). The van der Waals surface area contributed by atoms with Gasteiger partial charge in [0.1, 0.15) is 12.4 Å². The van der Waals surface area contributed by atoms with Gasteiger partial charge in [-0.15, -0.1) is 12.4 Å². The molecule has 0 bridgehead atoms. The summed E-state index contributed by atoms with van der Waals surface area (Å²) in [5.41, 5.74) is 0.999. The topological polar surface area (TPSA) is 50.4 Å². The fourth-order valence-corrected chi connectivity index (χ4v) is 2.85. The molecule has 0 saturated carbocycles. The van der Waals surface area contributed by atoms with Gasteiger partial charge in [-0.1, -0.05) is 12.1 Å². The third-order valence-electron chi connectivity index (χ3n) is 4.09. The Labute approximate surface area is 157 Å². The summed E-state index contributed by atoms with van der Waals surface area (Å²) in [5, 5.41) is 5.94. The molecule has 1 atom stereocenters. The molecule has 1 aliphatic heterocycles. The Hall–Kier alpha value is -2.18. The van der Waals surface area contributed by atoms with Crippen LogP contribution in [-0.4, -0.2) is 18.5 Å². The zero-order valence-electron chi connectivity index (χ0n) is 14.1. The Morgan fingerprint density at radius 1 is 1.23 bits per heavy atom. The summed E-state index contributed by atoms with van der Waals surface area (Å²) in [7, 11) is 0. The standard InChI is InChI=1S/C19H20F2N2O2.ClH/c20-14-4-1-3-13(9-14)12-25-18-7-6-16(10-17(18)21)23-19(24)11-15-5-2-8-22-15;/h1,3-4,6-7,9-10,15,22H,2,5,8,11-12H2,(H,23,24);1H. The molecule has 1 amide bonds. The number of nitrogens with one attached hydrogen (secondary N) is 2. The van der Waals surface area contributed by atoms with Gasteiger partial charge in [-0.05, 0) is 49.2 Å². The Morgan fingerprint density at radius 2 is 2.08 bits per heavy atom. The maximum absolute atomic E-state index is 14.1. The third kappa shape index (κ3) is 5.68. The first-order valence-corrected chi connectivity index (χ1v) is 8.30. The zero-order valence-corrected chi connectivity index (χ0v) is 15.0. The number of anilines is 1. The molecule has 2 aromatic rings. The molecule has 2 N–H and O–H groups in total. The van der Waals surface area contributed by atoms with Crippen molar-refractivity contribution in [2.24, 2.45) is 0 Å². The number of halogens is 3. The predicted molar refractivity (Wildman–Crippen MR) is 98.7 cm³/mol. The van der Waals surface area contributed by atoms with E-state index in [0.717, 1.165) is 19.4 Å². The van der Waals surface area contributed by atoms with Crippen LogP contribution >= 0.6 is 12.4 Å². The van der Waals surface area contributed by atoms with E-state index in [1.807, 2.05) is 0 Å². The van der Waals surface area contributed by atoms with E-state index < -0.39 is 5.82 Å². The summed E-state index contributed by atoms with van der Waals surface area (Å²) in [6, 6.07) is 10.4. The van der Waals surface area contributed by atoms with Gasteiger partial charge in [0.25, 0.3) is 0 Å². The Kier molecular flexibility index (Phi) is 7.36. The minimum Gasteiger partial charge on any atom is -0.486 e. The molecule has 0 spiro atoms. The van der Waals surface area contributed by atoms with Gasteiger partial charge in [0.2, 0.25) is 5.91 Å². The molecule has 2 aromatic carbocycles. The molecule has 26 heavy (non-hydrogen) atoms. The van der Waals surface area contributed by atoms with E-state index in [0.29, 0.717) is 17.7 Å². The number of carbonyl (C=O) groups is 1. The minimum absolute atomic E-state index is 0. The average molecular weight is 383 g/mol. The smallest absolute Gasteiger partial charge is 0.225 e. The van der Waals surface area contributed by atoms with Gasteiger partial charge in [-0.25, -0.2) is 8.78 Å². The van der Waals surface area contributed by atoms with Crippen molar-refractivity contribution in [2.45, 2.75) is 31.9 Å². The fourth-order valence-electron chi connectivity index (χ4n) is 2.85. The van der Waals surface area contributed by atoms with Gasteiger partial charge in [0.15, 0.2) is 11.6 Å². The molecule has 1 heterocycles. The molecule has 1 unspecified atom stereocenters. The highest BCUT2D eigenvalue weighted by molar-refractivity contribution is 5.91. The lowest BCUT2D eigenvalue weighted by molar-refractivity contribution is -0.116. The van der Waals surface area contributed by atoms with E-state index in [9.17, 15) is 13.6 Å². The van der Waals surface area contributed by atoms with Crippen LogP contribution in [0.15, 0.2) is 42.5 Å². The van der Waals surface area contributed by atoms with Crippen LogP contribution < -0.4 is 15.4 Å². The van der Waals surface area contributed by atoms with Crippen LogP contribution in [0.2, 0.25) is 0 Å². The highest BCUT2D eigenvalue weighted by Crippen LogP contribution is 2.23. The number of amides is 1. The largest absolute Gasteiger partial charge is 0.486 e. The Balaban J connectivity index is 0.00000243. The lowest BCUT2D eigenvalue weighted by atomic mass is 10.1. The average Bonchev–Trinajstić information content (AvgIpc) is 3.07. The van der Waals surface area contributed by atoms with Gasteiger partial charge < -0.3 is 15.4 Å². The van der Waals surface area contributed by atoms with Crippen LogP contribution in [0.1, 0.15) is 24.8 Å². The van der Waals surface area contributed by atoms with E-state index in [-0.39, 0.29) is 42.5 Å². The second-order valence-corrected chi connectivity index (χ2v) is 6.11. The molecule has 4 nitrogen and oxygen atoms in total. The lowest BCUT2D eigenvalue weighted by Crippen LogP contribution is -2.27. The lowest BCUT2D eigenvalue weighted by Gasteiger charge is -2.12. The maximum atomic E-state index is 14.1. The minimum atomic E-state index is -0.576. The normalized spacial score (nSPS) is 16.0. The second kappa shape index (κ2) is 9.50. The van der Waals surface area contributed by atoms with Crippen LogP contribution in [0.5, 0.6) is 5.75 Å². The van der Waals surface area contributed by atoms with Crippen LogP contribution in [0.25, 0.3) is 0 Å². The molecule has 0 radical (unpaired) electrons. The van der Waals surface area contributed by atoms with Crippen molar-refractivity contribution in [1.29, 1.82) is 0 Å². The summed E-state index contributed by atoms with van der Waals surface area (Å²) in [6.07, 6.45) is 2.43. The number of hydrogen-bond acceptors (Lipinski definition) is 3. The first kappa shape index (κ1) is 20.1. The zero-order chi connectivity index (χ0) is 17.6. The summed E-state index contributed by atoms with van der Waals surface area (Å²) in [4.78, 5) is 12.0. The summed E-state index contributed by atoms with van der Waals surface area (Å²) in [5.74, 6) is -1.03. The number of hydrogen-bond donors (Lipinski definition) is 2. The van der Waals surface area contributed by atoms with Crippen molar-refractivity contribution in [3.63, 3.8) is 0 Å². The monoisotopic (exact) mass is 382 g/mol. The van der Waals surface area contributed by atoms with Crippen molar-refractivity contribution >= 4 is 24.0 Å². The number of carbonyl (C=O) groups excluding carboxylic acids is 1. The van der Waals surface area contributed by atoms with E-state index in [1.54, 1.807) is 18.2 Å². The molecule has 1 fully saturated rings. The molecule has 1 aliphatic rings. The molecule has 140 valence electrons. The van der Waals surface area contributed by atoms with E-state index in [4.69, 9.17) is 4.74 Å². The second-order valence-electron chi connectivity index (χ2n) is 6.11. The molecule has 0 aliphatic carbocycles. The molecule has 1 saturated heterocycles. The van der Waals surface area contributed by atoms with Gasteiger partial charge in [-0.3, -0.25) is 4.79 Å². The van der Waals surface area contributed by atoms with Crippen molar-refractivity contribution < 1.29 is 18.3 Å². The molecular weight excluding hydrogens is 362 g/mol. The van der Waals surface area contributed by atoms with Crippen LogP contribution in [-0.2, 0) is 11.4 Å². The van der Waals surface area contributed by atoms with Crippen molar-refractivity contribution in [1.82, 2.24) is 5.32 Å². The van der Waals surface area contributed by atoms with E-state index in [1.165, 1.54) is 24.3 Å². The van der Waals surface area contributed by atoms with Gasteiger partial charge in [0, 0.05) is 24.2 Å². The summed E-state index contributed by atoms with van der Waals surface area (Å²) >= 11 is 0. The Morgan fingerprint density at radius 3 is 2.77 bits per heavy atom. The fraction of sp³-hybridized carbons (Fsp3) is 0.316. The molecule has 0 aromatic heterocycles. The van der Waals surface area contributed by atoms with Gasteiger partial charge >= 0.3 is 0 Å². The van der Waals surface area contributed by atoms with Crippen molar-refractivity contribution in [3.05, 3.63) is 59.7 Å². The van der Waals surface area contributed by atoms with Gasteiger partial charge in [-0.2, -0.15) is 0 Å². The van der Waals surface area contributed by atoms with Crippen LogP contribution in [0, 0.1) is 11.6 Å². The molecular formula is C19H21ClF2N2O2. The molecule has 7 heteroatoms. The number of rotatable bonds is 6. The Bertz CT molecular complexity index is 752. The van der Waals surface area contributed by atoms with Crippen LogP contribution in [0.4, 0.5) is 14.5 Å². The maximum Gasteiger partial charge on any atom is 0.225 e.